The first-order valence-corrected chi connectivity index (χ1v) is 37.1. The van der Waals surface area contributed by atoms with Gasteiger partial charge in [-0.3, -0.25) is 9.59 Å². The lowest BCUT2D eigenvalue weighted by molar-refractivity contribution is -0.302. The molecule has 1 aliphatic rings. The van der Waals surface area contributed by atoms with Crippen molar-refractivity contribution in [1.29, 1.82) is 0 Å². The maximum absolute atomic E-state index is 13.0. The molecule has 11 nitrogen and oxygen atoms in total. The van der Waals surface area contributed by atoms with Gasteiger partial charge in [-0.1, -0.05) is 293 Å². The molecule has 6 N–H and O–H groups in total. The number of ether oxygens (including phenoxy) is 3. The molecular formula is C76H139NO10. The predicted molar refractivity (Wildman–Crippen MR) is 366 cm³/mol. The molecule has 0 aliphatic carbocycles. The summed E-state index contributed by atoms with van der Waals surface area (Å²) in [7, 11) is 0. The average molecular weight is 1230 g/mol. The summed E-state index contributed by atoms with van der Waals surface area (Å²) in [6, 6.07) is -0.825. The van der Waals surface area contributed by atoms with Crippen LogP contribution in [0.4, 0.5) is 0 Å². The number of carbonyl (C=O) groups is 2. The van der Waals surface area contributed by atoms with Crippen molar-refractivity contribution in [2.45, 2.75) is 391 Å². The first kappa shape index (κ1) is 82.4. The number of hydrogen-bond acceptors (Lipinski definition) is 10. The Morgan fingerprint density at radius 2 is 0.782 bits per heavy atom. The topological polar surface area (TPSA) is 175 Å². The molecule has 0 aromatic carbocycles. The number of nitrogens with one attached hydrogen (secondary N) is 1. The van der Waals surface area contributed by atoms with Crippen LogP contribution in [0, 0.1) is 0 Å². The van der Waals surface area contributed by atoms with E-state index in [1.807, 2.05) is 6.08 Å². The molecule has 0 radical (unpaired) electrons. The Hall–Kier alpha value is -2.64. The summed E-state index contributed by atoms with van der Waals surface area (Å²) in [6.07, 6.45) is 76.9. The molecule has 11 heteroatoms. The second-order valence-corrected chi connectivity index (χ2v) is 25.6. The first-order valence-electron chi connectivity index (χ1n) is 37.1. The van der Waals surface area contributed by atoms with E-state index < -0.39 is 49.5 Å². The summed E-state index contributed by atoms with van der Waals surface area (Å²) < 4.78 is 16.7. The molecule has 0 aromatic rings. The van der Waals surface area contributed by atoms with Crippen LogP contribution in [-0.4, -0.2) is 100 Å². The summed E-state index contributed by atoms with van der Waals surface area (Å²) in [4.78, 5) is 25.1. The molecule has 1 heterocycles. The van der Waals surface area contributed by atoms with Gasteiger partial charge in [-0.25, -0.2) is 0 Å². The van der Waals surface area contributed by atoms with E-state index in [2.05, 4.69) is 67.8 Å². The Kier molecular flexibility index (Phi) is 61.4. The highest BCUT2D eigenvalue weighted by Crippen LogP contribution is 2.23. The van der Waals surface area contributed by atoms with Gasteiger partial charge < -0.3 is 45.1 Å². The fourth-order valence-electron chi connectivity index (χ4n) is 11.5. The zero-order valence-corrected chi connectivity index (χ0v) is 56.5. The minimum absolute atomic E-state index is 0.00295. The molecule has 0 saturated carbocycles. The maximum Gasteiger partial charge on any atom is 0.305 e. The van der Waals surface area contributed by atoms with Gasteiger partial charge in [0.25, 0.3) is 0 Å². The van der Waals surface area contributed by atoms with E-state index in [0.717, 1.165) is 64.2 Å². The number of aliphatic hydroxyl groups is 5. The molecule has 0 spiro atoms. The third kappa shape index (κ3) is 53.7. The monoisotopic (exact) mass is 1230 g/mol. The summed E-state index contributed by atoms with van der Waals surface area (Å²) in [5.41, 5.74) is 0. The number of unbranched alkanes of at least 4 members (excludes halogenated alkanes) is 43. The van der Waals surface area contributed by atoms with Gasteiger partial charge in [0.2, 0.25) is 5.91 Å². The van der Waals surface area contributed by atoms with E-state index in [1.165, 1.54) is 257 Å². The fourth-order valence-corrected chi connectivity index (χ4v) is 11.5. The number of allylic oxidation sites excluding steroid dienone is 9. The van der Waals surface area contributed by atoms with Crippen LogP contribution in [0.25, 0.3) is 0 Å². The summed E-state index contributed by atoms with van der Waals surface area (Å²) >= 11 is 0. The minimum atomic E-state index is -1.57. The number of hydrogen-bond donors (Lipinski definition) is 6. The Bertz CT molecular complexity index is 1630. The van der Waals surface area contributed by atoms with Crippen LogP contribution in [0.2, 0.25) is 0 Å². The largest absolute Gasteiger partial charge is 0.466 e. The Morgan fingerprint density at radius 3 is 1.23 bits per heavy atom. The zero-order chi connectivity index (χ0) is 63.0. The van der Waals surface area contributed by atoms with Crippen molar-refractivity contribution in [2.24, 2.45) is 0 Å². The molecule has 1 rings (SSSR count). The molecule has 1 fully saturated rings. The van der Waals surface area contributed by atoms with Gasteiger partial charge in [-0.05, 0) is 103 Å². The van der Waals surface area contributed by atoms with Gasteiger partial charge in [0.1, 0.15) is 24.4 Å². The Morgan fingerprint density at radius 1 is 0.425 bits per heavy atom. The van der Waals surface area contributed by atoms with E-state index >= 15 is 0 Å². The molecule has 7 atom stereocenters. The second-order valence-electron chi connectivity index (χ2n) is 25.6. The van der Waals surface area contributed by atoms with Crippen molar-refractivity contribution in [3.8, 4) is 0 Å². The smallest absolute Gasteiger partial charge is 0.305 e. The average Bonchev–Trinajstić information content (AvgIpc) is 1.99. The first-order chi connectivity index (χ1) is 42.7. The second kappa shape index (κ2) is 64.9. The van der Waals surface area contributed by atoms with Gasteiger partial charge >= 0.3 is 5.97 Å². The van der Waals surface area contributed by atoms with Gasteiger partial charge in [0.15, 0.2) is 6.29 Å². The number of carbonyl (C=O) groups excluding carboxylic acids is 2. The van der Waals surface area contributed by atoms with E-state index in [0.29, 0.717) is 19.4 Å². The van der Waals surface area contributed by atoms with Crippen LogP contribution in [0.15, 0.2) is 60.8 Å². The van der Waals surface area contributed by atoms with Gasteiger partial charge in [-0.2, -0.15) is 0 Å². The third-order valence-electron chi connectivity index (χ3n) is 17.3. The number of aliphatic hydroxyl groups excluding tert-OH is 5. The standard InChI is InChI=1S/C76H139NO10/c1-3-5-7-9-11-13-14-40-44-48-52-56-60-64-72(81)85-65-61-57-53-49-45-42-39-37-35-33-31-29-27-25-23-21-19-17-15-16-18-20-22-24-26-28-30-32-34-36-38-41-43-47-51-55-59-63-71(80)77-68(69(79)62-58-54-50-46-12-10-8-6-4-2)67-86-76-75(84)74(83)73(82)70(66-78)87-76/h12-15,17,21,23,46,58,62,68-70,73-76,78-79,82-84H,3-11,16,18-20,22,24-45,47-57,59-61,63-67H2,1-2H3,(H,77,80)/b14-13-,17-15-,23-21-,46-12+,62-58+. The van der Waals surface area contributed by atoms with Crippen LogP contribution in [0.5, 0.6) is 0 Å². The van der Waals surface area contributed by atoms with Crippen molar-refractivity contribution in [2.75, 3.05) is 19.8 Å². The summed E-state index contributed by atoms with van der Waals surface area (Å²) in [6.45, 7) is 4.28. The van der Waals surface area contributed by atoms with Crippen LogP contribution < -0.4 is 5.32 Å². The molecule has 0 aromatic heterocycles. The highest BCUT2D eigenvalue weighted by Gasteiger charge is 2.44. The molecule has 508 valence electrons. The van der Waals surface area contributed by atoms with Crippen LogP contribution in [-0.2, 0) is 23.8 Å². The maximum atomic E-state index is 13.0. The molecule has 1 amide bonds. The van der Waals surface area contributed by atoms with Crippen LogP contribution in [0.1, 0.15) is 348 Å². The highest BCUT2D eigenvalue weighted by atomic mass is 16.7. The highest BCUT2D eigenvalue weighted by molar-refractivity contribution is 5.76. The number of esters is 1. The quantitative estimate of drug-likeness (QED) is 0.0195. The molecule has 1 aliphatic heterocycles. The summed E-state index contributed by atoms with van der Waals surface area (Å²) in [5, 5.41) is 54.3. The van der Waals surface area contributed by atoms with Crippen LogP contribution in [0.3, 0.4) is 0 Å². The van der Waals surface area contributed by atoms with E-state index in [4.69, 9.17) is 14.2 Å². The minimum Gasteiger partial charge on any atom is -0.466 e. The lowest BCUT2D eigenvalue weighted by atomic mass is 9.99. The Balaban J connectivity index is 1.89. The van der Waals surface area contributed by atoms with E-state index in [-0.39, 0.29) is 18.5 Å². The van der Waals surface area contributed by atoms with Crippen molar-refractivity contribution in [3.05, 3.63) is 60.8 Å². The van der Waals surface area contributed by atoms with E-state index in [1.54, 1.807) is 6.08 Å². The van der Waals surface area contributed by atoms with Gasteiger partial charge in [0.05, 0.1) is 32.0 Å². The molecule has 87 heavy (non-hydrogen) atoms. The van der Waals surface area contributed by atoms with Crippen LogP contribution >= 0.6 is 0 Å². The molecule has 0 bridgehead atoms. The molecule has 1 saturated heterocycles. The van der Waals surface area contributed by atoms with Gasteiger partial charge in [0, 0.05) is 12.8 Å². The van der Waals surface area contributed by atoms with Gasteiger partial charge in [-0.15, -0.1) is 0 Å². The fraction of sp³-hybridized carbons (Fsp3) is 0.842. The summed E-state index contributed by atoms with van der Waals surface area (Å²) in [5.74, 6) is -0.188. The SMILES string of the molecule is CCCCC/C=C/CC/C=C/C(O)C(COC1OC(CO)C(O)C(O)C1O)NC(=O)CCCCCCCCCCCCCCCCCCC/C=C\C/C=C\CCCCCCCCCCCCCCCOC(=O)CCCCCCC/C=C\CCCCCC. The lowest BCUT2D eigenvalue weighted by Crippen LogP contribution is -2.60. The zero-order valence-electron chi connectivity index (χ0n) is 56.5. The normalized spacial score (nSPS) is 18.2. The number of rotatable bonds is 65. The Labute approximate surface area is 535 Å². The van der Waals surface area contributed by atoms with Crippen molar-refractivity contribution >= 4 is 11.9 Å². The number of amides is 1. The van der Waals surface area contributed by atoms with Crippen molar-refractivity contribution in [1.82, 2.24) is 5.32 Å². The third-order valence-corrected chi connectivity index (χ3v) is 17.3. The molecular weight excluding hydrogens is 1090 g/mol. The van der Waals surface area contributed by atoms with E-state index in [9.17, 15) is 35.1 Å². The van der Waals surface area contributed by atoms with Crippen molar-refractivity contribution in [3.63, 3.8) is 0 Å². The lowest BCUT2D eigenvalue weighted by Gasteiger charge is -2.40. The molecule has 7 unspecified atom stereocenters. The predicted octanol–water partition coefficient (Wildman–Crippen LogP) is 19.3. The van der Waals surface area contributed by atoms with Crippen molar-refractivity contribution < 1.29 is 49.3 Å².